The van der Waals surface area contributed by atoms with E-state index in [0.29, 0.717) is 5.92 Å². The molecule has 0 bridgehead atoms. The van der Waals surface area contributed by atoms with Gasteiger partial charge in [-0.25, -0.2) is 0 Å². The molecule has 3 rings (SSSR count). The molecule has 0 saturated heterocycles. The third-order valence-electron chi connectivity index (χ3n) is 4.22. The van der Waals surface area contributed by atoms with Gasteiger partial charge >= 0.3 is 0 Å². The molecule has 0 saturated carbocycles. The molecule has 4 nitrogen and oxygen atoms in total. The molecule has 1 aromatic heterocycles. The highest BCUT2D eigenvalue weighted by molar-refractivity contribution is 5.94. The molecule has 0 radical (unpaired) electrons. The smallest absolute Gasteiger partial charge is 0.230 e. The van der Waals surface area contributed by atoms with E-state index in [0.717, 1.165) is 36.4 Å². The number of Topliss-reactive ketones (excluding diaryl/α,β-unsaturated/α-hetero) is 1. The number of rotatable bonds is 3. The van der Waals surface area contributed by atoms with Crippen LogP contribution in [0.3, 0.4) is 0 Å². The molecule has 0 fully saturated rings. The maximum absolute atomic E-state index is 11.4. The van der Waals surface area contributed by atoms with Crippen molar-refractivity contribution in [3.8, 4) is 0 Å². The molecule has 1 aromatic carbocycles. The Kier molecular flexibility index (Phi) is 3.53. The number of fused-ring (bicyclic) bond motifs is 1. The zero-order valence-electron chi connectivity index (χ0n) is 12.7. The van der Waals surface area contributed by atoms with Crippen LogP contribution >= 0.6 is 0 Å². The predicted molar refractivity (Wildman–Crippen MR) is 82.0 cm³/mol. The van der Waals surface area contributed by atoms with Crippen LogP contribution in [0.1, 0.15) is 46.4 Å². The Bertz CT molecular complexity index is 656. The van der Waals surface area contributed by atoms with E-state index in [1.807, 2.05) is 31.1 Å². The lowest BCUT2D eigenvalue weighted by atomic mass is 9.82. The maximum Gasteiger partial charge on any atom is 0.230 e. The average Bonchev–Trinajstić information content (AvgIpc) is 2.90. The third kappa shape index (κ3) is 2.58. The number of hydrogen-bond donors (Lipinski definition) is 0. The first-order valence-corrected chi connectivity index (χ1v) is 7.32. The molecule has 110 valence electrons. The number of carbonyl (C=O) groups is 1. The molecule has 21 heavy (non-hydrogen) atoms. The first kappa shape index (κ1) is 13.9. The van der Waals surface area contributed by atoms with E-state index in [-0.39, 0.29) is 5.78 Å². The van der Waals surface area contributed by atoms with Crippen LogP contribution < -0.4 is 4.90 Å². The van der Waals surface area contributed by atoms with Crippen LogP contribution in [0, 0.1) is 0 Å². The fraction of sp³-hybridized carbons (Fsp3) is 0.412. The summed E-state index contributed by atoms with van der Waals surface area (Å²) in [7, 11) is 3.96. The quantitative estimate of drug-likeness (QED) is 0.812. The van der Waals surface area contributed by atoms with Crippen molar-refractivity contribution in [2.75, 3.05) is 19.0 Å². The zero-order chi connectivity index (χ0) is 15.0. The van der Waals surface area contributed by atoms with Gasteiger partial charge in [0.15, 0.2) is 5.78 Å². The molecule has 1 atom stereocenters. The number of aryl methyl sites for hydroxylation is 1. The highest BCUT2D eigenvalue weighted by Crippen LogP contribution is 2.36. The summed E-state index contributed by atoms with van der Waals surface area (Å²) in [5.74, 6) is 1.45. The van der Waals surface area contributed by atoms with Gasteiger partial charge in [0.25, 0.3) is 0 Å². The van der Waals surface area contributed by atoms with Crippen molar-refractivity contribution in [3.05, 3.63) is 46.6 Å². The van der Waals surface area contributed by atoms with E-state index in [1.54, 1.807) is 6.92 Å². The molecule has 0 amide bonds. The van der Waals surface area contributed by atoms with E-state index in [4.69, 9.17) is 4.52 Å². The van der Waals surface area contributed by atoms with Gasteiger partial charge in [-0.3, -0.25) is 4.79 Å². The van der Waals surface area contributed by atoms with E-state index >= 15 is 0 Å². The van der Waals surface area contributed by atoms with Gasteiger partial charge in [-0.1, -0.05) is 29.4 Å². The lowest BCUT2D eigenvalue weighted by Crippen LogP contribution is -2.16. The van der Waals surface area contributed by atoms with Gasteiger partial charge in [-0.15, -0.1) is 0 Å². The SMILES string of the molecule is CC(=O)c1ccc(C2CCc3noc(N(C)C)c3C2)cc1. The minimum Gasteiger partial charge on any atom is -0.347 e. The van der Waals surface area contributed by atoms with Crippen LogP contribution in [0.25, 0.3) is 0 Å². The molecule has 1 unspecified atom stereocenters. The monoisotopic (exact) mass is 284 g/mol. The minimum atomic E-state index is 0.112. The Hall–Kier alpha value is -2.10. The summed E-state index contributed by atoms with van der Waals surface area (Å²) in [5.41, 5.74) is 4.38. The third-order valence-corrected chi connectivity index (χ3v) is 4.22. The van der Waals surface area contributed by atoms with Crippen molar-refractivity contribution >= 4 is 11.7 Å². The first-order valence-electron chi connectivity index (χ1n) is 7.32. The van der Waals surface area contributed by atoms with Crippen molar-refractivity contribution in [2.24, 2.45) is 0 Å². The van der Waals surface area contributed by atoms with Crippen molar-refractivity contribution in [3.63, 3.8) is 0 Å². The van der Waals surface area contributed by atoms with Crippen molar-refractivity contribution in [2.45, 2.75) is 32.1 Å². The maximum atomic E-state index is 11.4. The Morgan fingerprint density at radius 1 is 1.29 bits per heavy atom. The number of aromatic nitrogens is 1. The summed E-state index contributed by atoms with van der Waals surface area (Å²) in [4.78, 5) is 13.3. The molecular formula is C17H20N2O2. The summed E-state index contributed by atoms with van der Waals surface area (Å²) in [6.07, 6.45) is 2.98. The molecule has 0 N–H and O–H groups in total. The highest BCUT2D eigenvalue weighted by atomic mass is 16.5. The summed E-state index contributed by atoms with van der Waals surface area (Å²) < 4.78 is 5.45. The predicted octanol–water partition coefficient (Wildman–Crippen LogP) is 3.22. The van der Waals surface area contributed by atoms with Crippen molar-refractivity contribution in [1.82, 2.24) is 5.16 Å². The summed E-state index contributed by atoms with van der Waals surface area (Å²) in [6, 6.07) is 8.01. The number of benzene rings is 1. The number of carbonyl (C=O) groups excluding carboxylic acids is 1. The lowest BCUT2D eigenvalue weighted by Gasteiger charge is -2.23. The van der Waals surface area contributed by atoms with Crippen LogP contribution in [-0.4, -0.2) is 25.0 Å². The molecule has 1 aliphatic carbocycles. The average molecular weight is 284 g/mol. The topological polar surface area (TPSA) is 46.3 Å². The molecule has 4 heteroatoms. The summed E-state index contributed by atoms with van der Waals surface area (Å²) in [5, 5.41) is 4.18. The Balaban J connectivity index is 1.85. The first-order chi connectivity index (χ1) is 10.1. The second-order valence-electron chi connectivity index (χ2n) is 5.93. The van der Waals surface area contributed by atoms with Gasteiger partial charge in [-0.2, -0.15) is 0 Å². The van der Waals surface area contributed by atoms with Crippen molar-refractivity contribution in [1.29, 1.82) is 0 Å². The molecule has 1 aliphatic rings. The van der Waals surface area contributed by atoms with Gasteiger partial charge in [0.05, 0.1) is 5.69 Å². The Labute approximate surface area is 124 Å². The number of nitrogens with zero attached hydrogens (tertiary/aromatic N) is 2. The number of anilines is 1. The molecule has 0 spiro atoms. The molecular weight excluding hydrogens is 264 g/mol. The van der Waals surface area contributed by atoms with Gasteiger partial charge in [-0.05, 0) is 37.7 Å². The van der Waals surface area contributed by atoms with Crippen LogP contribution in [0.15, 0.2) is 28.8 Å². The van der Waals surface area contributed by atoms with Crippen LogP contribution in [-0.2, 0) is 12.8 Å². The van der Waals surface area contributed by atoms with E-state index in [1.165, 1.54) is 11.1 Å². The highest BCUT2D eigenvalue weighted by Gasteiger charge is 2.27. The molecule has 1 heterocycles. The van der Waals surface area contributed by atoms with E-state index in [2.05, 4.69) is 17.3 Å². The fourth-order valence-corrected chi connectivity index (χ4v) is 3.02. The van der Waals surface area contributed by atoms with Crippen LogP contribution in [0.2, 0.25) is 0 Å². The molecule has 0 aliphatic heterocycles. The molecule has 2 aromatic rings. The number of ketones is 1. The van der Waals surface area contributed by atoms with E-state index in [9.17, 15) is 4.79 Å². The summed E-state index contributed by atoms with van der Waals surface area (Å²) >= 11 is 0. The second-order valence-corrected chi connectivity index (χ2v) is 5.93. The Morgan fingerprint density at radius 3 is 2.62 bits per heavy atom. The largest absolute Gasteiger partial charge is 0.347 e. The van der Waals surface area contributed by atoms with Crippen LogP contribution in [0.5, 0.6) is 0 Å². The normalized spacial score (nSPS) is 17.4. The van der Waals surface area contributed by atoms with Gasteiger partial charge in [0.2, 0.25) is 5.88 Å². The summed E-state index contributed by atoms with van der Waals surface area (Å²) in [6.45, 7) is 1.60. The fourth-order valence-electron chi connectivity index (χ4n) is 3.02. The minimum absolute atomic E-state index is 0.112. The van der Waals surface area contributed by atoms with Crippen LogP contribution in [0.4, 0.5) is 5.88 Å². The van der Waals surface area contributed by atoms with Gasteiger partial charge in [0.1, 0.15) is 0 Å². The van der Waals surface area contributed by atoms with Crippen molar-refractivity contribution < 1.29 is 9.32 Å². The number of hydrogen-bond acceptors (Lipinski definition) is 4. The van der Waals surface area contributed by atoms with Gasteiger partial charge < -0.3 is 9.42 Å². The second kappa shape index (κ2) is 5.35. The standard InChI is InChI=1S/C17H20N2O2/c1-11(20)12-4-6-13(7-5-12)14-8-9-16-15(10-14)17(19(2)3)21-18-16/h4-7,14H,8-10H2,1-3H3. The van der Waals surface area contributed by atoms with Gasteiger partial charge in [0, 0.05) is 25.2 Å². The van der Waals surface area contributed by atoms with E-state index < -0.39 is 0 Å². The zero-order valence-corrected chi connectivity index (χ0v) is 12.7. The lowest BCUT2D eigenvalue weighted by molar-refractivity contribution is 0.101. The Morgan fingerprint density at radius 2 is 2.00 bits per heavy atom.